The molecule has 1 heterocycles. The van der Waals surface area contributed by atoms with Crippen LogP contribution in [0.1, 0.15) is 50.7 Å². The van der Waals surface area contributed by atoms with Crippen molar-refractivity contribution in [2.24, 2.45) is 5.92 Å². The summed E-state index contributed by atoms with van der Waals surface area (Å²) in [6, 6.07) is -0.157. The maximum Gasteiger partial charge on any atom is 0.226 e. The van der Waals surface area contributed by atoms with Crippen molar-refractivity contribution in [2.45, 2.75) is 52.5 Å². The summed E-state index contributed by atoms with van der Waals surface area (Å²) in [5, 5.41) is 15.1. The van der Waals surface area contributed by atoms with E-state index in [4.69, 9.17) is 0 Å². The zero-order valence-electron chi connectivity index (χ0n) is 12.1. The standard InChI is InChI=1S/C14H24N2O2S/c1-9(2)5-11(7-17)15-13(18)6-12-8-19-14(16-12)10(3)4/h8-11,17H,5-7H2,1-4H3,(H,15,18). The summed E-state index contributed by atoms with van der Waals surface area (Å²) in [5.74, 6) is 0.775. The number of carbonyl (C=O) groups excluding carboxylic acids is 1. The fourth-order valence-corrected chi connectivity index (χ4v) is 2.70. The Hall–Kier alpha value is -0.940. The van der Waals surface area contributed by atoms with Crippen LogP contribution in [0.3, 0.4) is 0 Å². The first-order chi connectivity index (χ1) is 8.92. The van der Waals surface area contributed by atoms with Gasteiger partial charge in [0.25, 0.3) is 0 Å². The van der Waals surface area contributed by atoms with E-state index in [-0.39, 0.29) is 25.0 Å². The summed E-state index contributed by atoms with van der Waals surface area (Å²) < 4.78 is 0. The Morgan fingerprint density at radius 2 is 2.11 bits per heavy atom. The number of thiazole rings is 1. The first-order valence-electron chi connectivity index (χ1n) is 6.76. The number of hydrogen-bond acceptors (Lipinski definition) is 4. The molecule has 1 unspecified atom stereocenters. The molecule has 2 N–H and O–H groups in total. The van der Waals surface area contributed by atoms with Crippen LogP contribution in [0.15, 0.2) is 5.38 Å². The van der Waals surface area contributed by atoms with Gasteiger partial charge in [0.05, 0.1) is 29.8 Å². The van der Waals surface area contributed by atoms with Crippen molar-refractivity contribution >= 4 is 17.2 Å². The number of rotatable bonds is 7. The third-order valence-electron chi connectivity index (χ3n) is 2.75. The fourth-order valence-electron chi connectivity index (χ4n) is 1.86. The third-order valence-corrected chi connectivity index (χ3v) is 3.94. The molecule has 0 aliphatic rings. The molecule has 0 aromatic carbocycles. The molecule has 4 nitrogen and oxygen atoms in total. The summed E-state index contributed by atoms with van der Waals surface area (Å²) >= 11 is 1.59. The lowest BCUT2D eigenvalue weighted by Gasteiger charge is -2.17. The molecule has 108 valence electrons. The van der Waals surface area contributed by atoms with E-state index < -0.39 is 0 Å². The number of amides is 1. The van der Waals surface area contributed by atoms with E-state index in [9.17, 15) is 9.90 Å². The molecule has 0 saturated carbocycles. The molecule has 1 atom stereocenters. The van der Waals surface area contributed by atoms with Crippen LogP contribution in [-0.4, -0.2) is 28.6 Å². The number of nitrogens with zero attached hydrogens (tertiary/aromatic N) is 1. The fraction of sp³-hybridized carbons (Fsp3) is 0.714. The number of aromatic nitrogens is 1. The molecule has 0 radical (unpaired) electrons. The van der Waals surface area contributed by atoms with Crippen molar-refractivity contribution < 1.29 is 9.90 Å². The van der Waals surface area contributed by atoms with Gasteiger partial charge in [-0.2, -0.15) is 0 Å². The molecule has 0 aliphatic heterocycles. The molecular formula is C14H24N2O2S. The maximum atomic E-state index is 11.9. The van der Waals surface area contributed by atoms with Gasteiger partial charge in [0.15, 0.2) is 0 Å². The van der Waals surface area contributed by atoms with Gasteiger partial charge in [-0.1, -0.05) is 27.7 Å². The average Bonchev–Trinajstić information content (AvgIpc) is 2.75. The van der Waals surface area contributed by atoms with Crippen LogP contribution in [0, 0.1) is 5.92 Å². The van der Waals surface area contributed by atoms with Gasteiger partial charge in [0, 0.05) is 11.3 Å². The summed E-state index contributed by atoms with van der Waals surface area (Å²) in [4.78, 5) is 16.3. The second-order valence-corrected chi connectivity index (χ2v) is 6.47. The minimum absolute atomic E-state index is 0.0156. The van der Waals surface area contributed by atoms with Gasteiger partial charge in [-0.3, -0.25) is 4.79 Å². The first kappa shape index (κ1) is 16.1. The van der Waals surface area contributed by atoms with E-state index in [1.165, 1.54) is 0 Å². The van der Waals surface area contributed by atoms with Gasteiger partial charge in [0.2, 0.25) is 5.91 Å². The van der Waals surface area contributed by atoms with Crippen LogP contribution < -0.4 is 5.32 Å². The van der Waals surface area contributed by atoms with Crippen molar-refractivity contribution in [1.29, 1.82) is 0 Å². The molecule has 1 amide bonds. The van der Waals surface area contributed by atoms with E-state index in [0.29, 0.717) is 11.8 Å². The van der Waals surface area contributed by atoms with Crippen LogP contribution in [0.25, 0.3) is 0 Å². The molecule has 1 aromatic rings. The van der Waals surface area contributed by atoms with E-state index in [0.717, 1.165) is 17.1 Å². The monoisotopic (exact) mass is 284 g/mol. The Bertz CT molecular complexity index is 402. The van der Waals surface area contributed by atoms with Crippen molar-refractivity contribution in [3.63, 3.8) is 0 Å². The highest BCUT2D eigenvalue weighted by atomic mass is 32.1. The Morgan fingerprint density at radius 1 is 1.42 bits per heavy atom. The highest BCUT2D eigenvalue weighted by Crippen LogP contribution is 2.19. The number of nitrogens with one attached hydrogen (secondary N) is 1. The minimum Gasteiger partial charge on any atom is -0.394 e. The van der Waals surface area contributed by atoms with E-state index in [1.54, 1.807) is 11.3 Å². The smallest absolute Gasteiger partial charge is 0.226 e. The molecule has 1 rings (SSSR count). The van der Waals surface area contributed by atoms with Gasteiger partial charge in [-0.15, -0.1) is 11.3 Å². The molecule has 1 aromatic heterocycles. The van der Waals surface area contributed by atoms with Gasteiger partial charge >= 0.3 is 0 Å². The Morgan fingerprint density at radius 3 is 2.58 bits per heavy atom. The zero-order valence-corrected chi connectivity index (χ0v) is 13.0. The molecule has 5 heteroatoms. The first-order valence-corrected chi connectivity index (χ1v) is 7.64. The van der Waals surface area contributed by atoms with Gasteiger partial charge in [0.1, 0.15) is 0 Å². The second-order valence-electron chi connectivity index (χ2n) is 5.59. The van der Waals surface area contributed by atoms with E-state index in [1.807, 2.05) is 5.38 Å². The SMILES string of the molecule is CC(C)CC(CO)NC(=O)Cc1csc(C(C)C)n1. The van der Waals surface area contributed by atoms with Crippen molar-refractivity contribution in [3.05, 3.63) is 16.1 Å². The van der Waals surface area contributed by atoms with Crippen molar-refractivity contribution in [2.75, 3.05) is 6.61 Å². The lowest BCUT2D eigenvalue weighted by molar-refractivity contribution is -0.121. The molecule has 0 spiro atoms. The van der Waals surface area contributed by atoms with E-state index in [2.05, 4.69) is 38.0 Å². The van der Waals surface area contributed by atoms with Crippen LogP contribution in [-0.2, 0) is 11.2 Å². The quantitative estimate of drug-likeness (QED) is 0.808. The highest BCUT2D eigenvalue weighted by molar-refractivity contribution is 7.09. The zero-order chi connectivity index (χ0) is 14.4. The van der Waals surface area contributed by atoms with Crippen LogP contribution >= 0.6 is 11.3 Å². The largest absolute Gasteiger partial charge is 0.394 e. The van der Waals surface area contributed by atoms with Gasteiger partial charge in [-0.25, -0.2) is 4.98 Å². The van der Waals surface area contributed by atoms with Crippen LogP contribution in [0.2, 0.25) is 0 Å². The Kier molecular flexibility index (Phi) is 6.45. The topological polar surface area (TPSA) is 62.2 Å². The molecule has 0 saturated heterocycles. The summed E-state index contributed by atoms with van der Waals surface area (Å²) in [5.41, 5.74) is 0.812. The van der Waals surface area contributed by atoms with Crippen LogP contribution in [0.5, 0.6) is 0 Å². The Labute approximate surface area is 119 Å². The number of carbonyl (C=O) groups is 1. The molecular weight excluding hydrogens is 260 g/mol. The van der Waals surface area contributed by atoms with Crippen molar-refractivity contribution in [1.82, 2.24) is 10.3 Å². The summed E-state index contributed by atoms with van der Waals surface area (Å²) in [6.45, 7) is 8.31. The Balaban J connectivity index is 2.49. The normalized spacial score (nSPS) is 13.0. The average molecular weight is 284 g/mol. The number of aliphatic hydroxyl groups excluding tert-OH is 1. The summed E-state index contributed by atoms with van der Waals surface area (Å²) in [7, 11) is 0. The lowest BCUT2D eigenvalue weighted by Crippen LogP contribution is -2.39. The maximum absolute atomic E-state index is 11.9. The van der Waals surface area contributed by atoms with Gasteiger partial charge in [-0.05, 0) is 12.3 Å². The predicted molar refractivity (Wildman–Crippen MR) is 78.4 cm³/mol. The summed E-state index contributed by atoms with van der Waals surface area (Å²) in [6.07, 6.45) is 1.08. The second kappa shape index (κ2) is 7.60. The molecule has 0 bridgehead atoms. The lowest BCUT2D eigenvalue weighted by atomic mass is 10.0. The van der Waals surface area contributed by atoms with Gasteiger partial charge < -0.3 is 10.4 Å². The van der Waals surface area contributed by atoms with Crippen molar-refractivity contribution in [3.8, 4) is 0 Å². The highest BCUT2D eigenvalue weighted by Gasteiger charge is 2.15. The molecule has 0 fully saturated rings. The molecule has 0 aliphatic carbocycles. The molecule has 19 heavy (non-hydrogen) atoms. The number of hydrogen-bond donors (Lipinski definition) is 2. The number of aliphatic hydroxyl groups is 1. The van der Waals surface area contributed by atoms with Crippen LogP contribution in [0.4, 0.5) is 0 Å². The third kappa shape index (κ3) is 5.70. The minimum atomic E-state index is -0.157. The predicted octanol–water partition coefficient (Wildman–Crippen LogP) is 2.33. The van der Waals surface area contributed by atoms with E-state index >= 15 is 0 Å².